The van der Waals surface area contributed by atoms with Crippen LogP contribution in [0.1, 0.15) is 12.8 Å². The van der Waals surface area contributed by atoms with Crippen molar-refractivity contribution in [3.8, 4) is 0 Å². The van der Waals surface area contributed by atoms with Crippen LogP contribution in [0.15, 0.2) is 0 Å². The first-order chi connectivity index (χ1) is 6.76. The number of methoxy groups -OCH3 is 1. The lowest BCUT2D eigenvalue weighted by Gasteiger charge is -2.33. The number of nitrogens with zero attached hydrogens (tertiary/aromatic N) is 1. The van der Waals surface area contributed by atoms with E-state index in [9.17, 15) is 5.11 Å². The number of piperidine rings is 1. The van der Waals surface area contributed by atoms with Gasteiger partial charge in [-0.2, -0.15) is 0 Å². The minimum absolute atomic E-state index is 0.268. The predicted molar refractivity (Wildman–Crippen MR) is 56.4 cm³/mol. The molecule has 1 heterocycles. The highest BCUT2D eigenvalue weighted by Gasteiger charge is 2.20. The Morgan fingerprint density at radius 3 is 3.07 bits per heavy atom. The van der Waals surface area contributed by atoms with Gasteiger partial charge in [0.25, 0.3) is 0 Å². The predicted octanol–water partition coefficient (Wildman–Crippen LogP) is -0.323. The maximum absolute atomic E-state index is 9.62. The van der Waals surface area contributed by atoms with Gasteiger partial charge in [0.1, 0.15) is 0 Å². The van der Waals surface area contributed by atoms with Crippen LogP contribution in [0.25, 0.3) is 0 Å². The third-order valence-corrected chi connectivity index (χ3v) is 2.70. The van der Waals surface area contributed by atoms with Crippen LogP contribution in [0.2, 0.25) is 0 Å². The van der Waals surface area contributed by atoms with E-state index >= 15 is 0 Å². The molecule has 0 aliphatic carbocycles. The van der Waals surface area contributed by atoms with E-state index in [1.165, 1.54) is 6.42 Å². The standard InChI is InChI=1S/C10H22N2O2/c1-11-6-9(13)7-12-5-3-4-10(8-12)14-2/h9-11,13H,3-8H2,1-2H3. The fourth-order valence-electron chi connectivity index (χ4n) is 1.97. The van der Waals surface area contributed by atoms with Crippen molar-refractivity contribution in [3.63, 3.8) is 0 Å². The van der Waals surface area contributed by atoms with Gasteiger partial charge in [-0.3, -0.25) is 4.90 Å². The Hall–Kier alpha value is -0.160. The van der Waals surface area contributed by atoms with Crippen molar-refractivity contribution < 1.29 is 9.84 Å². The molecular weight excluding hydrogens is 180 g/mol. The van der Waals surface area contributed by atoms with Crippen LogP contribution in [0.5, 0.6) is 0 Å². The molecule has 1 aliphatic rings. The topological polar surface area (TPSA) is 44.7 Å². The molecule has 0 radical (unpaired) electrons. The van der Waals surface area contributed by atoms with E-state index in [1.54, 1.807) is 7.11 Å². The molecule has 4 heteroatoms. The molecule has 0 bridgehead atoms. The van der Waals surface area contributed by atoms with E-state index in [0.29, 0.717) is 12.6 Å². The molecule has 0 aromatic carbocycles. The van der Waals surface area contributed by atoms with Crippen LogP contribution in [-0.2, 0) is 4.74 Å². The van der Waals surface area contributed by atoms with Gasteiger partial charge >= 0.3 is 0 Å². The molecule has 2 unspecified atom stereocenters. The van der Waals surface area contributed by atoms with Crippen LogP contribution < -0.4 is 5.32 Å². The summed E-state index contributed by atoms with van der Waals surface area (Å²) in [5.74, 6) is 0. The maximum Gasteiger partial charge on any atom is 0.0791 e. The first-order valence-electron chi connectivity index (χ1n) is 5.34. The number of rotatable bonds is 5. The molecule has 0 aromatic heterocycles. The minimum Gasteiger partial charge on any atom is -0.390 e. The van der Waals surface area contributed by atoms with Gasteiger partial charge in [0.15, 0.2) is 0 Å². The summed E-state index contributed by atoms with van der Waals surface area (Å²) in [4.78, 5) is 2.28. The number of hydrogen-bond donors (Lipinski definition) is 2. The molecule has 0 saturated carbocycles. The number of likely N-dealkylation sites (tertiary alicyclic amines) is 1. The van der Waals surface area contributed by atoms with Crippen LogP contribution in [0.3, 0.4) is 0 Å². The van der Waals surface area contributed by atoms with Crippen molar-refractivity contribution in [1.82, 2.24) is 10.2 Å². The molecule has 0 aromatic rings. The first kappa shape index (κ1) is 11.9. The van der Waals surface area contributed by atoms with Crippen molar-refractivity contribution in [2.24, 2.45) is 0 Å². The molecule has 14 heavy (non-hydrogen) atoms. The highest BCUT2D eigenvalue weighted by Crippen LogP contribution is 2.12. The Balaban J connectivity index is 2.22. The second-order valence-corrected chi connectivity index (χ2v) is 3.97. The van der Waals surface area contributed by atoms with E-state index in [0.717, 1.165) is 26.1 Å². The maximum atomic E-state index is 9.62. The molecule has 84 valence electrons. The normalized spacial score (nSPS) is 26.4. The lowest BCUT2D eigenvalue weighted by molar-refractivity contribution is 0.0135. The Morgan fingerprint density at radius 2 is 2.43 bits per heavy atom. The molecule has 1 rings (SSSR count). The summed E-state index contributed by atoms with van der Waals surface area (Å²) in [6.45, 7) is 3.45. The summed E-state index contributed by atoms with van der Waals surface area (Å²) in [5, 5.41) is 12.6. The molecule has 4 nitrogen and oxygen atoms in total. The van der Waals surface area contributed by atoms with E-state index < -0.39 is 0 Å². The van der Waals surface area contributed by atoms with Gasteiger partial charge in [0.2, 0.25) is 0 Å². The van der Waals surface area contributed by atoms with Gasteiger partial charge in [-0.1, -0.05) is 0 Å². The third kappa shape index (κ3) is 3.92. The Morgan fingerprint density at radius 1 is 1.64 bits per heavy atom. The van der Waals surface area contributed by atoms with Gasteiger partial charge < -0.3 is 15.2 Å². The quantitative estimate of drug-likeness (QED) is 0.641. The van der Waals surface area contributed by atoms with Gasteiger partial charge in [-0.25, -0.2) is 0 Å². The summed E-state index contributed by atoms with van der Waals surface area (Å²) in [7, 11) is 3.62. The number of aliphatic hydroxyl groups excluding tert-OH is 1. The second kappa shape index (κ2) is 6.35. The SMILES string of the molecule is CNCC(O)CN1CCCC(OC)C1. The molecule has 0 spiro atoms. The number of ether oxygens (including phenoxy) is 1. The summed E-state index contributed by atoms with van der Waals surface area (Å²) >= 11 is 0. The van der Waals surface area contributed by atoms with Gasteiger partial charge in [-0.15, -0.1) is 0 Å². The Bertz CT molecular complexity index is 155. The summed E-state index contributed by atoms with van der Waals surface area (Å²) < 4.78 is 5.32. The van der Waals surface area contributed by atoms with E-state index in [2.05, 4.69) is 10.2 Å². The van der Waals surface area contributed by atoms with Crippen LogP contribution in [-0.4, -0.2) is 62.6 Å². The highest BCUT2D eigenvalue weighted by molar-refractivity contribution is 4.75. The minimum atomic E-state index is -0.268. The van der Waals surface area contributed by atoms with E-state index in [-0.39, 0.29) is 6.10 Å². The zero-order chi connectivity index (χ0) is 10.4. The number of aliphatic hydroxyl groups is 1. The van der Waals surface area contributed by atoms with Crippen molar-refractivity contribution in [2.75, 3.05) is 40.3 Å². The Kier molecular flexibility index (Phi) is 5.40. The fraction of sp³-hybridized carbons (Fsp3) is 1.00. The highest BCUT2D eigenvalue weighted by atomic mass is 16.5. The van der Waals surface area contributed by atoms with Gasteiger partial charge in [-0.05, 0) is 26.4 Å². The number of hydrogen-bond acceptors (Lipinski definition) is 4. The summed E-state index contributed by atoms with van der Waals surface area (Å²) in [6, 6.07) is 0. The average molecular weight is 202 g/mol. The van der Waals surface area contributed by atoms with Crippen LogP contribution in [0.4, 0.5) is 0 Å². The average Bonchev–Trinajstić information content (AvgIpc) is 2.18. The number of nitrogens with one attached hydrogen (secondary N) is 1. The van der Waals surface area contributed by atoms with Crippen molar-refractivity contribution in [2.45, 2.75) is 25.0 Å². The lowest BCUT2D eigenvalue weighted by atomic mass is 10.1. The van der Waals surface area contributed by atoms with Crippen molar-refractivity contribution in [1.29, 1.82) is 0 Å². The molecule has 0 amide bonds. The molecule has 2 N–H and O–H groups in total. The smallest absolute Gasteiger partial charge is 0.0791 e. The van der Waals surface area contributed by atoms with Crippen LogP contribution >= 0.6 is 0 Å². The van der Waals surface area contributed by atoms with Gasteiger partial charge in [0, 0.05) is 26.7 Å². The fourth-order valence-corrected chi connectivity index (χ4v) is 1.97. The monoisotopic (exact) mass is 202 g/mol. The van der Waals surface area contributed by atoms with E-state index in [1.807, 2.05) is 7.05 Å². The van der Waals surface area contributed by atoms with E-state index in [4.69, 9.17) is 4.74 Å². The summed E-state index contributed by atoms with van der Waals surface area (Å²) in [6.07, 6.45) is 2.40. The largest absolute Gasteiger partial charge is 0.390 e. The molecule has 1 fully saturated rings. The zero-order valence-corrected chi connectivity index (χ0v) is 9.20. The Labute approximate surface area is 86.2 Å². The lowest BCUT2D eigenvalue weighted by Crippen LogP contribution is -2.44. The van der Waals surface area contributed by atoms with Crippen molar-refractivity contribution >= 4 is 0 Å². The zero-order valence-electron chi connectivity index (χ0n) is 9.20. The summed E-state index contributed by atoms with van der Waals surface area (Å²) in [5.41, 5.74) is 0. The second-order valence-electron chi connectivity index (χ2n) is 3.97. The van der Waals surface area contributed by atoms with Crippen molar-refractivity contribution in [3.05, 3.63) is 0 Å². The molecular formula is C10H22N2O2. The van der Waals surface area contributed by atoms with Gasteiger partial charge in [0.05, 0.1) is 12.2 Å². The number of β-amino-alcohol motifs (C(OH)–C–C–N with tert-alkyl or cyclic N) is 1. The molecule has 1 aliphatic heterocycles. The van der Waals surface area contributed by atoms with Crippen LogP contribution in [0, 0.1) is 0 Å². The number of likely N-dealkylation sites (N-methyl/N-ethyl adjacent to an activating group) is 1. The third-order valence-electron chi connectivity index (χ3n) is 2.70. The molecule has 1 saturated heterocycles. The first-order valence-corrected chi connectivity index (χ1v) is 5.34. The molecule has 2 atom stereocenters.